The SMILES string of the molecule is Cc1cc(N2CC(C)CCC2C)c(C(=N)N)c(C)n1. The van der Waals surface area contributed by atoms with Crippen LogP contribution in [0.3, 0.4) is 0 Å². The first-order valence-electron chi connectivity index (χ1n) is 6.99. The van der Waals surface area contributed by atoms with Gasteiger partial charge in [-0.25, -0.2) is 0 Å². The van der Waals surface area contributed by atoms with E-state index in [1.165, 1.54) is 12.8 Å². The van der Waals surface area contributed by atoms with Crippen LogP contribution in [0.25, 0.3) is 0 Å². The topological polar surface area (TPSA) is 66.0 Å². The van der Waals surface area contributed by atoms with Gasteiger partial charge in [0.1, 0.15) is 5.84 Å². The third kappa shape index (κ3) is 2.72. The fourth-order valence-corrected chi connectivity index (χ4v) is 2.99. The van der Waals surface area contributed by atoms with Crippen molar-refractivity contribution in [1.82, 2.24) is 4.98 Å². The Bertz CT molecular complexity index is 495. The Labute approximate surface area is 115 Å². The van der Waals surface area contributed by atoms with Gasteiger partial charge in [0.05, 0.1) is 16.9 Å². The van der Waals surface area contributed by atoms with Crippen LogP contribution < -0.4 is 10.6 Å². The first-order valence-corrected chi connectivity index (χ1v) is 6.99. The summed E-state index contributed by atoms with van der Waals surface area (Å²) >= 11 is 0. The van der Waals surface area contributed by atoms with Crippen molar-refractivity contribution in [3.8, 4) is 0 Å². The zero-order valence-corrected chi connectivity index (χ0v) is 12.3. The first kappa shape index (κ1) is 13.8. The van der Waals surface area contributed by atoms with Gasteiger partial charge in [-0.2, -0.15) is 0 Å². The van der Waals surface area contributed by atoms with Gasteiger partial charge in [0.25, 0.3) is 0 Å². The molecule has 1 saturated heterocycles. The molecule has 1 fully saturated rings. The summed E-state index contributed by atoms with van der Waals surface area (Å²) in [6, 6.07) is 2.56. The Morgan fingerprint density at radius 1 is 1.37 bits per heavy atom. The number of nitrogen functional groups attached to an aromatic ring is 1. The molecule has 3 N–H and O–H groups in total. The number of pyridine rings is 1. The number of hydrogen-bond donors (Lipinski definition) is 2. The van der Waals surface area contributed by atoms with E-state index in [0.29, 0.717) is 12.0 Å². The lowest BCUT2D eigenvalue weighted by molar-refractivity contribution is 0.390. The van der Waals surface area contributed by atoms with Gasteiger partial charge in [-0.05, 0) is 45.6 Å². The summed E-state index contributed by atoms with van der Waals surface area (Å²) in [5, 5.41) is 7.83. The quantitative estimate of drug-likeness (QED) is 0.634. The molecule has 2 atom stereocenters. The van der Waals surface area contributed by atoms with E-state index in [0.717, 1.165) is 29.2 Å². The van der Waals surface area contributed by atoms with Crippen LogP contribution in [0.15, 0.2) is 6.07 Å². The fourth-order valence-electron chi connectivity index (χ4n) is 2.99. The number of aromatic nitrogens is 1. The maximum absolute atomic E-state index is 7.83. The molecule has 0 bridgehead atoms. The number of nitrogens with zero attached hydrogens (tertiary/aromatic N) is 2. The molecule has 1 aromatic rings. The molecule has 0 spiro atoms. The number of nitrogens with two attached hydrogens (primary N) is 1. The van der Waals surface area contributed by atoms with E-state index in [1.54, 1.807) is 0 Å². The Kier molecular flexibility index (Phi) is 3.78. The molecule has 0 saturated carbocycles. The Morgan fingerprint density at radius 2 is 2.05 bits per heavy atom. The molecule has 0 radical (unpaired) electrons. The van der Waals surface area contributed by atoms with Crippen molar-refractivity contribution in [3.05, 3.63) is 23.0 Å². The normalized spacial score (nSPS) is 23.5. The third-order valence-corrected chi connectivity index (χ3v) is 4.00. The smallest absolute Gasteiger partial charge is 0.126 e. The second-order valence-corrected chi connectivity index (χ2v) is 5.84. The number of rotatable bonds is 2. The van der Waals surface area contributed by atoms with E-state index in [4.69, 9.17) is 11.1 Å². The molecule has 2 heterocycles. The van der Waals surface area contributed by atoms with Gasteiger partial charge in [-0.3, -0.25) is 10.4 Å². The fraction of sp³-hybridized carbons (Fsp3) is 0.600. The van der Waals surface area contributed by atoms with Gasteiger partial charge < -0.3 is 10.6 Å². The highest BCUT2D eigenvalue weighted by Crippen LogP contribution is 2.31. The van der Waals surface area contributed by atoms with Crippen LogP contribution in [0.4, 0.5) is 5.69 Å². The minimum atomic E-state index is 0.116. The lowest BCUT2D eigenvalue weighted by Gasteiger charge is -2.39. The zero-order valence-electron chi connectivity index (χ0n) is 12.3. The predicted molar refractivity (Wildman–Crippen MR) is 79.9 cm³/mol. The van der Waals surface area contributed by atoms with Crippen molar-refractivity contribution in [2.24, 2.45) is 11.7 Å². The number of hydrogen-bond acceptors (Lipinski definition) is 3. The maximum atomic E-state index is 7.83. The number of aryl methyl sites for hydroxylation is 2. The maximum Gasteiger partial charge on any atom is 0.126 e. The molecule has 1 aliphatic heterocycles. The third-order valence-electron chi connectivity index (χ3n) is 4.00. The molecule has 1 aromatic heterocycles. The Hall–Kier alpha value is -1.58. The van der Waals surface area contributed by atoms with Crippen LogP contribution in [0.2, 0.25) is 0 Å². The van der Waals surface area contributed by atoms with Gasteiger partial charge in [0, 0.05) is 18.3 Å². The van der Waals surface area contributed by atoms with Gasteiger partial charge in [0.2, 0.25) is 0 Å². The summed E-state index contributed by atoms with van der Waals surface area (Å²) < 4.78 is 0. The predicted octanol–water partition coefficient (Wildman–Crippen LogP) is 2.61. The minimum Gasteiger partial charge on any atom is -0.384 e. The van der Waals surface area contributed by atoms with Gasteiger partial charge >= 0.3 is 0 Å². The van der Waals surface area contributed by atoms with E-state index in [2.05, 4.69) is 29.8 Å². The zero-order chi connectivity index (χ0) is 14.2. The molecule has 4 nitrogen and oxygen atoms in total. The van der Waals surface area contributed by atoms with Crippen molar-refractivity contribution in [2.45, 2.75) is 46.6 Å². The van der Waals surface area contributed by atoms with Crippen molar-refractivity contribution in [2.75, 3.05) is 11.4 Å². The average Bonchev–Trinajstić information content (AvgIpc) is 2.30. The Balaban J connectivity index is 2.50. The summed E-state index contributed by atoms with van der Waals surface area (Å²) in [6.07, 6.45) is 2.47. The van der Waals surface area contributed by atoms with Gasteiger partial charge in [-0.15, -0.1) is 0 Å². The molecule has 4 heteroatoms. The largest absolute Gasteiger partial charge is 0.384 e. The van der Waals surface area contributed by atoms with E-state index in [-0.39, 0.29) is 5.84 Å². The lowest BCUT2D eigenvalue weighted by Crippen LogP contribution is -2.42. The monoisotopic (exact) mass is 260 g/mol. The minimum absolute atomic E-state index is 0.116. The van der Waals surface area contributed by atoms with E-state index in [9.17, 15) is 0 Å². The molecular formula is C15H24N4. The van der Waals surface area contributed by atoms with Crippen LogP contribution in [-0.2, 0) is 0 Å². The Morgan fingerprint density at radius 3 is 2.68 bits per heavy atom. The molecule has 0 amide bonds. The second kappa shape index (κ2) is 5.19. The number of nitrogens with one attached hydrogen (secondary N) is 1. The van der Waals surface area contributed by atoms with Crippen LogP contribution >= 0.6 is 0 Å². The van der Waals surface area contributed by atoms with Gasteiger partial charge in [-0.1, -0.05) is 6.92 Å². The molecule has 2 rings (SSSR count). The number of amidine groups is 1. The standard InChI is InChI=1S/C15H24N4/c1-9-5-6-11(3)19(8-9)13-7-10(2)18-12(4)14(13)15(16)17/h7,9,11H,5-6,8H2,1-4H3,(H3,16,17). The number of anilines is 1. The molecular weight excluding hydrogens is 236 g/mol. The average molecular weight is 260 g/mol. The first-order chi connectivity index (χ1) is 8.90. The van der Waals surface area contributed by atoms with Crippen molar-refractivity contribution in [3.63, 3.8) is 0 Å². The van der Waals surface area contributed by atoms with Crippen LogP contribution in [-0.4, -0.2) is 23.4 Å². The molecule has 1 aliphatic rings. The van der Waals surface area contributed by atoms with E-state index in [1.807, 2.05) is 13.8 Å². The van der Waals surface area contributed by atoms with Gasteiger partial charge in [0.15, 0.2) is 0 Å². The lowest BCUT2D eigenvalue weighted by atomic mass is 9.93. The second-order valence-electron chi connectivity index (χ2n) is 5.84. The summed E-state index contributed by atoms with van der Waals surface area (Å²) in [6.45, 7) is 9.50. The molecule has 104 valence electrons. The highest BCUT2D eigenvalue weighted by atomic mass is 15.2. The molecule has 19 heavy (non-hydrogen) atoms. The molecule has 2 unspecified atom stereocenters. The van der Waals surface area contributed by atoms with E-state index < -0.39 is 0 Å². The molecule has 0 aromatic carbocycles. The summed E-state index contributed by atoms with van der Waals surface area (Å²) in [7, 11) is 0. The van der Waals surface area contributed by atoms with Crippen molar-refractivity contribution < 1.29 is 0 Å². The van der Waals surface area contributed by atoms with Crippen molar-refractivity contribution >= 4 is 11.5 Å². The molecule has 0 aliphatic carbocycles. The highest BCUT2D eigenvalue weighted by Gasteiger charge is 2.26. The van der Waals surface area contributed by atoms with Crippen molar-refractivity contribution in [1.29, 1.82) is 5.41 Å². The van der Waals surface area contributed by atoms with Crippen LogP contribution in [0.5, 0.6) is 0 Å². The number of piperidine rings is 1. The summed E-state index contributed by atoms with van der Waals surface area (Å²) in [5.41, 5.74) is 9.49. The van der Waals surface area contributed by atoms with E-state index >= 15 is 0 Å². The van der Waals surface area contributed by atoms with Crippen LogP contribution in [0, 0.1) is 25.2 Å². The van der Waals surface area contributed by atoms with Crippen LogP contribution in [0.1, 0.15) is 43.6 Å². The summed E-state index contributed by atoms with van der Waals surface area (Å²) in [5.74, 6) is 0.801. The summed E-state index contributed by atoms with van der Waals surface area (Å²) in [4.78, 5) is 6.84. The highest BCUT2D eigenvalue weighted by molar-refractivity contribution is 6.01.